The van der Waals surface area contributed by atoms with E-state index in [-0.39, 0.29) is 0 Å². The number of hydrogen-bond acceptors (Lipinski definition) is 4. The fourth-order valence-electron chi connectivity index (χ4n) is 2.21. The van der Waals surface area contributed by atoms with Crippen molar-refractivity contribution in [2.24, 2.45) is 4.99 Å². The number of nitrogens with zero attached hydrogens (tertiary/aromatic N) is 1. The number of fused-ring (bicyclic) bond motifs is 2. The molecule has 0 spiro atoms. The van der Waals surface area contributed by atoms with Crippen LogP contribution in [0, 0.1) is 0 Å². The zero-order valence-corrected chi connectivity index (χ0v) is 14.4. The zero-order valence-electron chi connectivity index (χ0n) is 12.8. The summed E-state index contributed by atoms with van der Waals surface area (Å²) in [5.74, 6) is 0. The zero-order chi connectivity index (χ0) is 18.0. The van der Waals surface area contributed by atoms with Crippen molar-refractivity contribution in [3.05, 3.63) is 60.2 Å². The van der Waals surface area contributed by atoms with Crippen molar-refractivity contribution in [3.8, 4) is 0 Å². The van der Waals surface area contributed by atoms with Crippen LogP contribution in [0.4, 0.5) is 18.9 Å². The van der Waals surface area contributed by atoms with Gasteiger partial charge in [0.15, 0.2) is 0 Å². The molecule has 2 N–H and O–H groups in total. The molecule has 0 unspecified atom stereocenters. The van der Waals surface area contributed by atoms with Gasteiger partial charge >= 0.3 is 6.18 Å². The van der Waals surface area contributed by atoms with Gasteiger partial charge in [-0.15, -0.1) is 0 Å². The molecule has 0 atom stereocenters. The number of benzene rings is 2. The number of nitrogens with one attached hydrogen (secondary N) is 2. The first-order valence-electron chi connectivity index (χ1n) is 7.24. The van der Waals surface area contributed by atoms with Gasteiger partial charge in [0.05, 0.1) is 5.69 Å². The topological polar surface area (TPSA) is 36.4 Å². The number of aliphatic imine (C=N–C) groups is 1. The third-order valence-electron chi connectivity index (χ3n) is 3.38. The highest BCUT2D eigenvalue weighted by molar-refractivity contribution is 7.99. The molecule has 0 bridgehead atoms. The summed E-state index contributed by atoms with van der Waals surface area (Å²) in [7, 11) is 0. The van der Waals surface area contributed by atoms with E-state index in [0.717, 1.165) is 15.4 Å². The van der Waals surface area contributed by atoms with Crippen LogP contribution in [0.3, 0.4) is 0 Å². The van der Waals surface area contributed by atoms with Gasteiger partial charge in [0, 0.05) is 26.6 Å². The van der Waals surface area contributed by atoms with Gasteiger partial charge in [-0.2, -0.15) is 13.2 Å². The molecule has 0 aromatic heterocycles. The Hall–Kier alpha value is -1.96. The van der Waals surface area contributed by atoms with E-state index in [4.69, 9.17) is 11.6 Å². The predicted molar refractivity (Wildman–Crippen MR) is 95.3 cm³/mol. The number of halogens is 4. The average Bonchev–Trinajstić information content (AvgIpc) is 2.69. The molecular formula is C17H13ClF3N3S. The Morgan fingerprint density at radius 2 is 1.92 bits per heavy atom. The molecule has 0 radical (unpaired) electrons. The van der Waals surface area contributed by atoms with Crippen LogP contribution in [0.2, 0.25) is 0 Å². The minimum absolute atomic E-state index is 0.310. The maximum absolute atomic E-state index is 12.2. The van der Waals surface area contributed by atoms with E-state index < -0.39 is 12.7 Å². The van der Waals surface area contributed by atoms with Gasteiger partial charge in [0.2, 0.25) is 0 Å². The van der Waals surface area contributed by atoms with E-state index in [9.17, 15) is 13.2 Å². The molecule has 0 amide bonds. The van der Waals surface area contributed by atoms with Crippen molar-refractivity contribution in [2.45, 2.75) is 16.0 Å². The molecular weight excluding hydrogens is 371 g/mol. The van der Waals surface area contributed by atoms with Gasteiger partial charge in [0.1, 0.15) is 11.7 Å². The highest BCUT2D eigenvalue weighted by atomic mass is 35.5. The van der Waals surface area contributed by atoms with Gasteiger partial charge in [-0.25, -0.2) is 10.4 Å². The Balaban J connectivity index is 1.82. The van der Waals surface area contributed by atoms with Crippen LogP contribution in [0.25, 0.3) is 5.70 Å². The van der Waals surface area contributed by atoms with Gasteiger partial charge < -0.3 is 5.43 Å². The Morgan fingerprint density at radius 3 is 2.68 bits per heavy atom. The smallest absolute Gasteiger partial charge is 0.321 e. The standard InChI is InChI=1S/C17H13ClF3N3S/c1-10(24-22-9-17(19,20)21)11-6-7-15-13(8-11)23-16(18)12-4-2-3-5-14(12)25-15/h2-8,22,24H,1,9H2. The highest BCUT2D eigenvalue weighted by Crippen LogP contribution is 2.41. The number of hydrazine groups is 1. The Morgan fingerprint density at radius 1 is 1.16 bits per heavy atom. The molecule has 1 heterocycles. The second-order valence-electron chi connectivity index (χ2n) is 5.26. The Bertz CT molecular complexity index is 849. The molecule has 0 fully saturated rings. The summed E-state index contributed by atoms with van der Waals surface area (Å²) in [6.07, 6.45) is -4.30. The molecule has 2 aromatic carbocycles. The molecule has 1 aliphatic rings. The van der Waals surface area contributed by atoms with Crippen LogP contribution in [-0.2, 0) is 0 Å². The molecule has 0 saturated carbocycles. The van der Waals surface area contributed by atoms with E-state index in [1.165, 1.54) is 11.8 Å². The molecule has 0 aliphatic carbocycles. The normalized spacial score (nSPS) is 13.4. The Kier molecular flexibility index (Phi) is 5.08. The van der Waals surface area contributed by atoms with Crippen LogP contribution in [0.1, 0.15) is 11.1 Å². The lowest BCUT2D eigenvalue weighted by Crippen LogP contribution is -2.37. The predicted octanol–water partition coefficient (Wildman–Crippen LogP) is 5.10. The lowest BCUT2D eigenvalue weighted by Gasteiger charge is -2.14. The van der Waals surface area contributed by atoms with E-state index >= 15 is 0 Å². The summed E-state index contributed by atoms with van der Waals surface area (Å²) >= 11 is 7.84. The molecule has 130 valence electrons. The Labute approximate surface area is 152 Å². The van der Waals surface area contributed by atoms with Crippen molar-refractivity contribution in [1.82, 2.24) is 10.9 Å². The van der Waals surface area contributed by atoms with E-state index in [1.807, 2.05) is 30.3 Å². The highest BCUT2D eigenvalue weighted by Gasteiger charge is 2.26. The van der Waals surface area contributed by atoms with E-state index in [2.05, 4.69) is 22.4 Å². The van der Waals surface area contributed by atoms with Crippen LogP contribution in [-0.4, -0.2) is 17.9 Å². The van der Waals surface area contributed by atoms with Gasteiger partial charge in [-0.1, -0.05) is 54.2 Å². The van der Waals surface area contributed by atoms with Gasteiger partial charge in [-0.3, -0.25) is 0 Å². The van der Waals surface area contributed by atoms with Crippen molar-refractivity contribution in [3.63, 3.8) is 0 Å². The minimum atomic E-state index is -4.30. The summed E-state index contributed by atoms with van der Waals surface area (Å²) in [6.45, 7) is 2.59. The summed E-state index contributed by atoms with van der Waals surface area (Å²) in [5, 5.41) is 0.368. The second kappa shape index (κ2) is 7.11. The summed E-state index contributed by atoms with van der Waals surface area (Å²) in [5.41, 5.74) is 6.96. The first-order chi connectivity index (χ1) is 11.8. The number of hydrogen-bond donors (Lipinski definition) is 2. The molecule has 2 aromatic rings. The first-order valence-corrected chi connectivity index (χ1v) is 8.43. The molecule has 1 aliphatic heterocycles. The molecule has 8 heteroatoms. The van der Waals surface area contributed by atoms with E-state index in [1.54, 1.807) is 12.1 Å². The fourth-order valence-corrected chi connectivity index (χ4v) is 3.53. The van der Waals surface area contributed by atoms with E-state index in [0.29, 0.717) is 22.1 Å². The number of rotatable bonds is 4. The average molecular weight is 384 g/mol. The third-order valence-corrected chi connectivity index (χ3v) is 4.81. The molecule has 3 rings (SSSR count). The SMILES string of the molecule is C=C(NNCC(F)(F)F)c1ccc2c(c1)N=C(Cl)c1ccccc1S2. The van der Waals surface area contributed by atoms with Crippen molar-refractivity contribution in [1.29, 1.82) is 0 Å². The van der Waals surface area contributed by atoms with Crippen LogP contribution in [0.15, 0.2) is 63.8 Å². The van der Waals surface area contributed by atoms with Crippen LogP contribution < -0.4 is 10.9 Å². The van der Waals surface area contributed by atoms with Crippen molar-refractivity contribution < 1.29 is 13.2 Å². The van der Waals surface area contributed by atoms with Gasteiger partial charge in [0.25, 0.3) is 0 Å². The summed E-state index contributed by atoms with van der Waals surface area (Å²) in [4.78, 5) is 6.33. The third kappa shape index (κ3) is 4.36. The van der Waals surface area contributed by atoms with Gasteiger partial charge in [-0.05, 0) is 18.2 Å². The molecule has 3 nitrogen and oxygen atoms in total. The largest absolute Gasteiger partial charge is 0.402 e. The number of alkyl halides is 3. The first kappa shape index (κ1) is 17.8. The maximum atomic E-state index is 12.2. The van der Waals surface area contributed by atoms with Crippen LogP contribution >= 0.6 is 23.4 Å². The maximum Gasteiger partial charge on any atom is 0.402 e. The molecule has 0 saturated heterocycles. The fraction of sp³-hybridized carbons (Fsp3) is 0.118. The quantitative estimate of drug-likeness (QED) is 0.721. The monoisotopic (exact) mass is 383 g/mol. The van der Waals surface area contributed by atoms with Crippen molar-refractivity contribution >= 4 is 39.9 Å². The minimum Gasteiger partial charge on any atom is -0.321 e. The lowest BCUT2D eigenvalue weighted by atomic mass is 10.1. The van der Waals surface area contributed by atoms with Crippen LogP contribution in [0.5, 0.6) is 0 Å². The molecule has 25 heavy (non-hydrogen) atoms. The second-order valence-corrected chi connectivity index (χ2v) is 6.70. The summed E-state index contributed by atoms with van der Waals surface area (Å²) < 4.78 is 36.6. The summed E-state index contributed by atoms with van der Waals surface area (Å²) in [6, 6.07) is 13.0. The lowest BCUT2D eigenvalue weighted by molar-refractivity contribution is -0.125. The van der Waals surface area contributed by atoms with Crippen molar-refractivity contribution in [2.75, 3.05) is 6.54 Å².